The van der Waals surface area contributed by atoms with Crippen LogP contribution in [0.3, 0.4) is 0 Å². The maximum absolute atomic E-state index is 12.4. The number of hydrogen-bond acceptors (Lipinski definition) is 9. The van der Waals surface area contributed by atoms with Crippen LogP contribution in [-0.2, 0) is 30.9 Å². The highest BCUT2D eigenvalue weighted by Gasteiger charge is 2.34. The van der Waals surface area contributed by atoms with Crippen LogP contribution in [0.5, 0.6) is 0 Å². The van der Waals surface area contributed by atoms with Crippen molar-refractivity contribution in [3.63, 3.8) is 0 Å². The minimum absolute atomic E-state index is 0.369. The number of hydrogen-bond donors (Lipinski definition) is 2. The number of fused-ring (bicyclic) bond motifs is 1. The fourth-order valence-electron chi connectivity index (χ4n) is 4.20. The van der Waals surface area contributed by atoms with Crippen LogP contribution in [0.1, 0.15) is 43.9 Å². The molecule has 0 bridgehead atoms. The number of ether oxygens (including phenoxy) is 2. The molecule has 0 saturated heterocycles. The first-order valence-corrected chi connectivity index (χ1v) is 10.4. The molecule has 4 rings (SSSR count). The molecule has 1 fully saturated rings. The summed E-state index contributed by atoms with van der Waals surface area (Å²) in [5, 5.41) is 9.18. The van der Waals surface area contributed by atoms with Crippen LogP contribution in [0.25, 0.3) is 16.7 Å². The summed E-state index contributed by atoms with van der Waals surface area (Å²) in [6, 6.07) is 0.369. The molecule has 2 aromatic rings. The van der Waals surface area contributed by atoms with E-state index in [0.717, 1.165) is 40.8 Å². The van der Waals surface area contributed by atoms with Gasteiger partial charge in [0.2, 0.25) is 6.10 Å². The van der Waals surface area contributed by atoms with Crippen molar-refractivity contribution in [2.24, 2.45) is 7.05 Å². The monoisotopic (exact) mass is 429 g/mol. The van der Waals surface area contributed by atoms with Crippen LogP contribution in [-0.4, -0.2) is 52.6 Å². The summed E-state index contributed by atoms with van der Waals surface area (Å²) in [7, 11) is 3.10. The molecule has 0 radical (unpaired) electrons. The molecule has 2 N–H and O–H groups in total. The first-order chi connectivity index (χ1) is 14.9. The van der Waals surface area contributed by atoms with E-state index in [-0.39, 0.29) is 0 Å². The van der Waals surface area contributed by atoms with Crippen LogP contribution in [0, 0.1) is 6.92 Å². The summed E-state index contributed by atoms with van der Waals surface area (Å²) in [6.45, 7) is 3.29. The minimum Gasteiger partial charge on any atom is -0.466 e. The predicted molar refractivity (Wildman–Crippen MR) is 113 cm³/mol. The van der Waals surface area contributed by atoms with Gasteiger partial charge in [0.05, 0.1) is 29.6 Å². The Kier molecular flexibility index (Phi) is 5.81. The summed E-state index contributed by atoms with van der Waals surface area (Å²) in [5.41, 5.74) is 7.55. The SMILES string of the molecule is COC(=O)COC(=O)C1ONC(c2cnc3c(c(C)nn3C)c2NC2CCCC2)=C1C. The average Bonchev–Trinajstić information content (AvgIpc) is 3.47. The second-order valence-corrected chi connectivity index (χ2v) is 7.92. The third-order valence-electron chi connectivity index (χ3n) is 5.84. The van der Waals surface area contributed by atoms with E-state index < -0.39 is 24.6 Å². The zero-order valence-electron chi connectivity index (χ0n) is 18.2. The van der Waals surface area contributed by atoms with Crippen molar-refractivity contribution >= 4 is 34.4 Å². The topological polar surface area (TPSA) is 117 Å². The number of nitrogens with zero attached hydrogens (tertiary/aromatic N) is 3. The van der Waals surface area contributed by atoms with E-state index in [2.05, 4.69) is 25.6 Å². The lowest BCUT2D eigenvalue weighted by atomic mass is 10.0. The van der Waals surface area contributed by atoms with Crippen molar-refractivity contribution in [2.45, 2.75) is 51.7 Å². The molecule has 2 aromatic heterocycles. The minimum atomic E-state index is -0.968. The Morgan fingerprint density at radius 1 is 1.32 bits per heavy atom. The molecule has 1 saturated carbocycles. The van der Waals surface area contributed by atoms with Gasteiger partial charge in [-0.3, -0.25) is 15.0 Å². The molecule has 166 valence electrons. The Labute approximate surface area is 179 Å². The van der Waals surface area contributed by atoms with Crippen molar-refractivity contribution in [1.29, 1.82) is 0 Å². The van der Waals surface area contributed by atoms with Crippen LogP contribution in [0.4, 0.5) is 5.69 Å². The van der Waals surface area contributed by atoms with Crippen molar-refractivity contribution < 1.29 is 23.9 Å². The van der Waals surface area contributed by atoms with E-state index in [1.807, 2.05) is 14.0 Å². The van der Waals surface area contributed by atoms with E-state index in [0.29, 0.717) is 17.3 Å². The molecule has 2 aliphatic rings. The third-order valence-corrected chi connectivity index (χ3v) is 5.84. The molecule has 1 aliphatic carbocycles. The molecule has 1 aliphatic heterocycles. The van der Waals surface area contributed by atoms with Crippen LogP contribution in [0.2, 0.25) is 0 Å². The number of methoxy groups -OCH3 is 1. The molecule has 10 nitrogen and oxygen atoms in total. The van der Waals surface area contributed by atoms with E-state index >= 15 is 0 Å². The maximum Gasteiger partial charge on any atom is 0.344 e. The van der Waals surface area contributed by atoms with Gasteiger partial charge in [-0.25, -0.2) is 14.6 Å². The van der Waals surface area contributed by atoms with Gasteiger partial charge in [0.1, 0.15) is 0 Å². The number of anilines is 1. The number of aryl methyl sites for hydroxylation is 2. The fourth-order valence-corrected chi connectivity index (χ4v) is 4.20. The normalized spacial score (nSPS) is 19.0. The third kappa shape index (κ3) is 3.95. The number of rotatable bonds is 6. The predicted octanol–water partition coefficient (Wildman–Crippen LogP) is 1.98. The van der Waals surface area contributed by atoms with Gasteiger partial charge in [-0.2, -0.15) is 5.10 Å². The maximum atomic E-state index is 12.4. The Morgan fingerprint density at radius 3 is 2.77 bits per heavy atom. The highest BCUT2D eigenvalue weighted by atomic mass is 16.7. The number of carbonyl (C=O) groups is 2. The van der Waals surface area contributed by atoms with Gasteiger partial charge >= 0.3 is 11.9 Å². The van der Waals surface area contributed by atoms with Gasteiger partial charge in [0.25, 0.3) is 0 Å². The second-order valence-electron chi connectivity index (χ2n) is 7.92. The average molecular weight is 429 g/mol. The summed E-state index contributed by atoms with van der Waals surface area (Å²) >= 11 is 0. The second kappa shape index (κ2) is 8.54. The first kappa shape index (κ1) is 21.1. The summed E-state index contributed by atoms with van der Waals surface area (Å²) < 4.78 is 11.3. The summed E-state index contributed by atoms with van der Waals surface area (Å²) in [6.07, 6.45) is 5.40. The van der Waals surface area contributed by atoms with Crippen molar-refractivity contribution in [1.82, 2.24) is 20.2 Å². The number of nitrogens with one attached hydrogen (secondary N) is 2. The van der Waals surface area contributed by atoms with Crippen molar-refractivity contribution in [2.75, 3.05) is 19.0 Å². The van der Waals surface area contributed by atoms with E-state index in [1.54, 1.807) is 17.8 Å². The molecule has 0 amide bonds. The Hall–Kier alpha value is -3.14. The molecule has 1 unspecified atom stereocenters. The first-order valence-electron chi connectivity index (χ1n) is 10.4. The Bertz CT molecular complexity index is 1050. The number of pyridine rings is 1. The highest BCUT2D eigenvalue weighted by Crippen LogP contribution is 2.37. The van der Waals surface area contributed by atoms with Gasteiger partial charge in [0.15, 0.2) is 12.3 Å². The van der Waals surface area contributed by atoms with Gasteiger partial charge in [0, 0.05) is 24.8 Å². The van der Waals surface area contributed by atoms with Gasteiger partial charge in [-0.05, 0) is 32.3 Å². The molecular formula is C21H27N5O5. The molecule has 3 heterocycles. The lowest BCUT2D eigenvalue weighted by Gasteiger charge is -2.19. The smallest absolute Gasteiger partial charge is 0.344 e. The number of aromatic nitrogens is 3. The molecule has 0 aromatic carbocycles. The Morgan fingerprint density at radius 2 is 2.06 bits per heavy atom. The zero-order chi connectivity index (χ0) is 22.1. The largest absolute Gasteiger partial charge is 0.466 e. The van der Waals surface area contributed by atoms with Crippen LogP contribution >= 0.6 is 0 Å². The Balaban J connectivity index is 1.71. The summed E-state index contributed by atoms with van der Waals surface area (Å²) in [4.78, 5) is 33.8. The number of hydroxylamine groups is 1. The highest BCUT2D eigenvalue weighted by molar-refractivity contribution is 5.99. The zero-order valence-corrected chi connectivity index (χ0v) is 18.2. The fraction of sp³-hybridized carbons (Fsp3) is 0.524. The van der Waals surface area contributed by atoms with Crippen molar-refractivity contribution in [3.8, 4) is 0 Å². The standard InChI is InChI=1S/C21H27N5O5/c1-11-17(25-31-19(11)21(28)30-10-15(27)29-4)14-9-22-20-16(12(2)24-26(20)3)18(14)23-13-7-5-6-8-13/h9,13,19,25H,5-8,10H2,1-4H3,(H,22,23). The molecular weight excluding hydrogens is 402 g/mol. The molecule has 0 spiro atoms. The van der Waals surface area contributed by atoms with Gasteiger partial charge in [-0.15, -0.1) is 0 Å². The number of esters is 2. The number of carbonyl (C=O) groups excluding carboxylic acids is 2. The quantitative estimate of drug-likeness (QED) is 0.665. The molecule has 1 atom stereocenters. The molecule has 31 heavy (non-hydrogen) atoms. The van der Waals surface area contributed by atoms with E-state index in [9.17, 15) is 9.59 Å². The van der Waals surface area contributed by atoms with Crippen molar-refractivity contribution in [3.05, 3.63) is 23.0 Å². The lowest BCUT2D eigenvalue weighted by Crippen LogP contribution is -2.28. The van der Waals surface area contributed by atoms with Crippen LogP contribution < -0.4 is 10.8 Å². The molecule has 10 heteroatoms. The van der Waals surface area contributed by atoms with Gasteiger partial charge in [-0.1, -0.05) is 12.8 Å². The summed E-state index contributed by atoms with van der Waals surface area (Å²) in [5.74, 6) is -1.30. The lowest BCUT2D eigenvalue weighted by molar-refractivity contribution is -0.164. The van der Waals surface area contributed by atoms with E-state index in [4.69, 9.17) is 9.57 Å². The van der Waals surface area contributed by atoms with Gasteiger partial charge < -0.3 is 14.8 Å². The van der Waals surface area contributed by atoms with Crippen LogP contribution in [0.15, 0.2) is 11.8 Å². The van der Waals surface area contributed by atoms with E-state index in [1.165, 1.54) is 20.0 Å².